The third-order valence-electron chi connectivity index (χ3n) is 4.94. The van der Waals surface area contributed by atoms with E-state index in [1.54, 1.807) is 0 Å². The van der Waals surface area contributed by atoms with Crippen LogP contribution in [0.15, 0.2) is 24.4 Å². The summed E-state index contributed by atoms with van der Waals surface area (Å²) in [4.78, 5) is 2.52. The van der Waals surface area contributed by atoms with Gasteiger partial charge in [-0.25, -0.2) is 0 Å². The molecule has 0 amide bonds. The molecule has 2 aromatic rings. The van der Waals surface area contributed by atoms with Gasteiger partial charge in [0.1, 0.15) is 0 Å². The molecular weight excluding hydrogens is 304 g/mol. The number of fused-ring (bicyclic) bond motifs is 1. The van der Waals surface area contributed by atoms with Crippen LogP contribution in [0.1, 0.15) is 18.9 Å². The number of hydrogen-bond acceptors (Lipinski definition) is 5. The number of H-pyrrole nitrogens is 1. The molecule has 128 valence electrons. The molecule has 24 heavy (non-hydrogen) atoms. The number of aromatic amines is 1. The lowest BCUT2D eigenvalue weighted by Gasteiger charge is -2.13. The quantitative estimate of drug-likeness (QED) is 0.851. The average Bonchev–Trinajstić information content (AvgIpc) is 3.34. The van der Waals surface area contributed by atoms with Gasteiger partial charge in [-0.15, -0.1) is 0 Å². The van der Waals surface area contributed by atoms with Gasteiger partial charge in [-0.3, -0.25) is 5.10 Å². The molecule has 0 saturated carbocycles. The Morgan fingerprint density at radius 1 is 1.33 bits per heavy atom. The summed E-state index contributed by atoms with van der Waals surface area (Å²) < 4.78 is 10.8. The molecule has 1 aromatic heterocycles. The summed E-state index contributed by atoms with van der Waals surface area (Å²) in [5.74, 6) is 2.36. The van der Waals surface area contributed by atoms with E-state index in [1.165, 1.54) is 25.1 Å². The Balaban J connectivity index is 1.38. The van der Waals surface area contributed by atoms with Crippen molar-refractivity contribution in [2.45, 2.75) is 19.9 Å². The van der Waals surface area contributed by atoms with Gasteiger partial charge in [0.15, 0.2) is 11.5 Å². The van der Waals surface area contributed by atoms with Gasteiger partial charge in [0.25, 0.3) is 0 Å². The Hall–Kier alpha value is -2.05. The summed E-state index contributed by atoms with van der Waals surface area (Å²) in [6.45, 7) is 8.02. The van der Waals surface area contributed by atoms with Gasteiger partial charge in [-0.2, -0.15) is 5.10 Å². The van der Waals surface area contributed by atoms with E-state index in [1.807, 2.05) is 24.4 Å². The van der Waals surface area contributed by atoms with Crippen LogP contribution < -0.4 is 14.8 Å². The zero-order valence-corrected chi connectivity index (χ0v) is 14.0. The summed E-state index contributed by atoms with van der Waals surface area (Å²) in [7, 11) is 0. The number of aromatic nitrogens is 2. The standard InChI is InChI=1S/C18H24N4O2/c1-2-22-6-5-13(11-22)8-19-9-15-10-20-21-18(15)14-3-4-16-17(7-14)24-12-23-16/h3-4,7,10,13,19H,2,5-6,8-9,11-12H2,1H3,(H,20,21). The molecule has 3 heterocycles. The number of ether oxygens (including phenoxy) is 2. The van der Waals surface area contributed by atoms with Crippen molar-refractivity contribution in [1.29, 1.82) is 0 Å². The third-order valence-corrected chi connectivity index (χ3v) is 4.94. The largest absolute Gasteiger partial charge is 0.454 e. The van der Waals surface area contributed by atoms with E-state index in [4.69, 9.17) is 9.47 Å². The second-order valence-electron chi connectivity index (χ2n) is 6.52. The van der Waals surface area contributed by atoms with Gasteiger partial charge in [0.2, 0.25) is 6.79 Å². The number of rotatable bonds is 6. The molecule has 4 rings (SSSR count). The second-order valence-corrected chi connectivity index (χ2v) is 6.52. The highest BCUT2D eigenvalue weighted by atomic mass is 16.7. The molecule has 1 aromatic carbocycles. The molecule has 6 nitrogen and oxygen atoms in total. The minimum absolute atomic E-state index is 0.298. The lowest BCUT2D eigenvalue weighted by atomic mass is 10.1. The average molecular weight is 328 g/mol. The van der Waals surface area contributed by atoms with Crippen LogP contribution in [0.3, 0.4) is 0 Å². The summed E-state index contributed by atoms with van der Waals surface area (Å²) >= 11 is 0. The molecule has 1 unspecified atom stereocenters. The zero-order valence-electron chi connectivity index (χ0n) is 14.0. The van der Waals surface area contributed by atoms with Crippen LogP contribution in [0.5, 0.6) is 11.5 Å². The highest BCUT2D eigenvalue weighted by Crippen LogP contribution is 2.36. The number of nitrogens with zero attached hydrogens (tertiary/aromatic N) is 2. The number of hydrogen-bond donors (Lipinski definition) is 2. The maximum atomic E-state index is 5.47. The Morgan fingerprint density at radius 2 is 2.25 bits per heavy atom. The lowest BCUT2D eigenvalue weighted by Crippen LogP contribution is -2.26. The van der Waals surface area contributed by atoms with E-state index in [2.05, 4.69) is 27.3 Å². The number of nitrogens with one attached hydrogen (secondary N) is 2. The molecule has 2 N–H and O–H groups in total. The Morgan fingerprint density at radius 3 is 3.12 bits per heavy atom. The fourth-order valence-corrected chi connectivity index (χ4v) is 3.52. The first kappa shape index (κ1) is 15.5. The molecule has 1 saturated heterocycles. The highest BCUT2D eigenvalue weighted by molar-refractivity contribution is 5.66. The Kier molecular flexibility index (Phi) is 4.40. The maximum Gasteiger partial charge on any atom is 0.231 e. The summed E-state index contributed by atoms with van der Waals surface area (Å²) in [5.41, 5.74) is 3.30. The lowest BCUT2D eigenvalue weighted by molar-refractivity contribution is 0.174. The molecule has 1 atom stereocenters. The van der Waals surface area contributed by atoms with E-state index in [0.717, 1.165) is 48.3 Å². The number of likely N-dealkylation sites (tertiary alicyclic amines) is 1. The third kappa shape index (κ3) is 3.12. The van der Waals surface area contributed by atoms with Gasteiger partial charge in [0.05, 0.1) is 11.9 Å². The SMILES string of the molecule is CCN1CCC(CNCc2cn[nH]c2-c2ccc3c(c2)OCO3)C1. The van der Waals surface area contributed by atoms with Gasteiger partial charge in [-0.1, -0.05) is 6.92 Å². The minimum atomic E-state index is 0.298. The van der Waals surface area contributed by atoms with Crippen LogP contribution in [-0.4, -0.2) is 48.1 Å². The minimum Gasteiger partial charge on any atom is -0.454 e. The normalized spacial score (nSPS) is 20.0. The number of benzene rings is 1. The zero-order chi connectivity index (χ0) is 16.4. The monoisotopic (exact) mass is 328 g/mol. The van der Waals surface area contributed by atoms with Crippen LogP contribution in [0.25, 0.3) is 11.3 Å². The van der Waals surface area contributed by atoms with Crippen LogP contribution in [-0.2, 0) is 6.54 Å². The van der Waals surface area contributed by atoms with Crippen molar-refractivity contribution in [3.63, 3.8) is 0 Å². The van der Waals surface area contributed by atoms with Crippen molar-refractivity contribution in [1.82, 2.24) is 20.4 Å². The predicted molar refractivity (Wildman–Crippen MR) is 92.1 cm³/mol. The van der Waals surface area contributed by atoms with Crippen molar-refractivity contribution in [3.05, 3.63) is 30.0 Å². The molecule has 2 aliphatic heterocycles. The van der Waals surface area contributed by atoms with Crippen LogP contribution in [0.2, 0.25) is 0 Å². The van der Waals surface area contributed by atoms with Crippen molar-refractivity contribution in [2.24, 2.45) is 5.92 Å². The van der Waals surface area contributed by atoms with Gasteiger partial charge in [-0.05, 0) is 50.2 Å². The van der Waals surface area contributed by atoms with E-state index >= 15 is 0 Å². The first-order valence-electron chi connectivity index (χ1n) is 8.69. The maximum absolute atomic E-state index is 5.47. The summed E-state index contributed by atoms with van der Waals surface area (Å²) in [6.07, 6.45) is 3.20. The summed E-state index contributed by atoms with van der Waals surface area (Å²) in [5, 5.41) is 10.9. The van der Waals surface area contributed by atoms with Crippen molar-refractivity contribution in [3.8, 4) is 22.8 Å². The molecule has 0 bridgehead atoms. The fraction of sp³-hybridized carbons (Fsp3) is 0.500. The van der Waals surface area contributed by atoms with E-state index in [0.29, 0.717) is 6.79 Å². The van der Waals surface area contributed by atoms with Crippen molar-refractivity contribution in [2.75, 3.05) is 33.0 Å². The smallest absolute Gasteiger partial charge is 0.231 e. The Bertz CT molecular complexity index is 700. The van der Waals surface area contributed by atoms with Gasteiger partial charge in [0, 0.05) is 24.2 Å². The highest BCUT2D eigenvalue weighted by Gasteiger charge is 2.21. The van der Waals surface area contributed by atoms with E-state index in [9.17, 15) is 0 Å². The van der Waals surface area contributed by atoms with Crippen LogP contribution >= 0.6 is 0 Å². The van der Waals surface area contributed by atoms with Crippen molar-refractivity contribution >= 4 is 0 Å². The second kappa shape index (κ2) is 6.83. The molecule has 2 aliphatic rings. The van der Waals surface area contributed by atoms with Gasteiger partial charge >= 0.3 is 0 Å². The molecule has 0 spiro atoms. The Labute approximate surface area is 142 Å². The molecule has 0 radical (unpaired) electrons. The molecular formula is C18H24N4O2. The predicted octanol–water partition coefficient (Wildman–Crippen LogP) is 2.24. The topological polar surface area (TPSA) is 62.4 Å². The first-order chi connectivity index (χ1) is 11.8. The van der Waals surface area contributed by atoms with Crippen LogP contribution in [0.4, 0.5) is 0 Å². The molecule has 1 fully saturated rings. The van der Waals surface area contributed by atoms with E-state index < -0.39 is 0 Å². The van der Waals surface area contributed by atoms with Crippen LogP contribution in [0, 0.1) is 5.92 Å². The molecule has 0 aliphatic carbocycles. The van der Waals surface area contributed by atoms with E-state index in [-0.39, 0.29) is 0 Å². The summed E-state index contributed by atoms with van der Waals surface area (Å²) in [6, 6.07) is 6.00. The van der Waals surface area contributed by atoms with Crippen molar-refractivity contribution < 1.29 is 9.47 Å². The molecule has 6 heteroatoms. The van der Waals surface area contributed by atoms with Gasteiger partial charge < -0.3 is 19.7 Å². The fourth-order valence-electron chi connectivity index (χ4n) is 3.52. The first-order valence-corrected chi connectivity index (χ1v) is 8.69.